The van der Waals surface area contributed by atoms with Crippen molar-refractivity contribution in [3.63, 3.8) is 0 Å². The molecule has 3 heteroatoms. The summed E-state index contributed by atoms with van der Waals surface area (Å²) < 4.78 is 0. The molecule has 0 amide bonds. The molecule has 0 aromatic heterocycles. The topological polar surface area (TPSA) is 37.3 Å². The van der Waals surface area contributed by atoms with Crippen LogP contribution < -0.4 is 0 Å². The predicted octanol–water partition coefficient (Wildman–Crippen LogP) is 2.12. The van der Waals surface area contributed by atoms with Gasteiger partial charge in [-0.15, -0.1) is 11.6 Å². The highest BCUT2D eigenvalue weighted by atomic mass is 35.5. The van der Waals surface area contributed by atoms with Gasteiger partial charge in [0.25, 0.3) is 0 Å². The molecule has 0 radical (unpaired) electrons. The molecule has 0 fully saturated rings. The zero-order chi connectivity index (χ0) is 8.27. The van der Waals surface area contributed by atoms with E-state index in [2.05, 4.69) is 0 Å². The van der Waals surface area contributed by atoms with Crippen molar-refractivity contribution >= 4 is 17.6 Å². The van der Waals surface area contributed by atoms with Crippen LogP contribution in [-0.2, 0) is 5.88 Å². The third kappa shape index (κ3) is 1.71. The van der Waals surface area contributed by atoms with E-state index in [9.17, 15) is 4.79 Å². The van der Waals surface area contributed by atoms with E-state index in [4.69, 9.17) is 16.7 Å². The summed E-state index contributed by atoms with van der Waals surface area (Å²) in [5.74, 6) is -0.691. The summed E-state index contributed by atoms with van der Waals surface area (Å²) >= 11 is 5.51. The molecule has 11 heavy (non-hydrogen) atoms. The van der Waals surface area contributed by atoms with E-state index in [1.54, 1.807) is 24.3 Å². The Balaban J connectivity index is 3.12. The van der Waals surface area contributed by atoms with Crippen molar-refractivity contribution in [1.82, 2.24) is 0 Å². The lowest BCUT2D eigenvalue weighted by atomic mass is 10.1. The third-order valence-corrected chi connectivity index (χ3v) is 1.68. The lowest BCUT2D eigenvalue weighted by Gasteiger charge is -1.99. The van der Waals surface area contributed by atoms with Crippen molar-refractivity contribution < 1.29 is 9.90 Å². The van der Waals surface area contributed by atoms with Crippen LogP contribution in [0, 0.1) is 0 Å². The Kier molecular flexibility index (Phi) is 2.49. The fourth-order valence-corrected chi connectivity index (χ4v) is 1.08. The minimum absolute atomic E-state index is 0.239. The van der Waals surface area contributed by atoms with Gasteiger partial charge in [-0.25, -0.2) is 4.79 Å². The second kappa shape index (κ2) is 3.39. The van der Waals surface area contributed by atoms with Gasteiger partial charge < -0.3 is 5.11 Å². The van der Waals surface area contributed by atoms with Gasteiger partial charge in [0, 0.05) is 5.88 Å². The summed E-state index contributed by atoms with van der Waals surface area (Å²) in [6.45, 7) is 0. The van der Waals surface area contributed by atoms with Crippen molar-refractivity contribution in [1.29, 1.82) is 0 Å². The van der Waals surface area contributed by atoms with Gasteiger partial charge in [-0.2, -0.15) is 0 Å². The van der Waals surface area contributed by atoms with Crippen LogP contribution in [0.25, 0.3) is 0 Å². The smallest absolute Gasteiger partial charge is 0.336 e. The molecule has 0 bridgehead atoms. The number of carbonyl (C=O) groups is 1. The van der Waals surface area contributed by atoms with E-state index in [0.717, 1.165) is 0 Å². The minimum Gasteiger partial charge on any atom is -0.478 e. The lowest BCUT2D eigenvalue weighted by Crippen LogP contribution is -1.99. The standard InChI is InChI=1S/C8H7ClO2/c9-5-6-3-1-2-4-7(6)8(10)11/h1-4H,5H2,(H,10,11). The fraction of sp³-hybridized carbons (Fsp3) is 0.125. The molecule has 0 spiro atoms. The molecule has 0 saturated carbocycles. The highest BCUT2D eigenvalue weighted by Gasteiger charge is 2.06. The van der Waals surface area contributed by atoms with Crippen LogP contribution in [0.5, 0.6) is 0 Å². The number of hydrogen-bond acceptors (Lipinski definition) is 1. The minimum atomic E-state index is -0.929. The van der Waals surface area contributed by atoms with Gasteiger partial charge in [0.1, 0.15) is 0 Å². The molecule has 0 heterocycles. The first-order chi connectivity index (χ1) is 5.25. The monoisotopic (exact) mass is 170 g/mol. The summed E-state index contributed by atoms with van der Waals surface area (Å²) in [7, 11) is 0. The lowest BCUT2D eigenvalue weighted by molar-refractivity contribution is 0.0696. The summed E-state index contributed by atoms with van der Waals surface area (Å²) in [5, 5.41) is 8.64. The van der Waals surface area contributed by atoms with E-state index >= 15 is 0 Å². The highest BCUT2D eigenvalue weighted by molar-refractivity contribution is 6.17. The van der Waals surface area contributed by atoms with Crippen LogP contribution in [-0.4, -0.2) is 11.1 Å². The zero-order valence-electron chi connectivity index (χ0n) is 5.75. The fourth-order valence-electron chi connectivity index (χ4n) is 0.845. The number of benzene rings is 1. The van der Waals surface area contributed by atoms with E-state index < -0.39 is 5.97 Å². The van der Waals surface area contributed by atoms with Gasteiger partial charge in [-0.1, -0.05) is 18.2 Å². The second-order valence-corrected chi connectivity index (χ2v) is 2.36. The van der Waals surface area contributed by atoms with Crippen molar-refractivity contribution in [2.75, 3.05) is 0 Å². The summed E-state index contributed by atoms with van der Waals surface area (Å²) in [4.78, 5) is 10.5. The molecule has 0 unspecified atom stereocenters. The number of carboxylic acids is 1. The van der Waals surface area contributed by atoms with Crippen molar-refractivity contribution in [3.05, 3.63) is 35.4 Å². The number of rotatable bonds is 2. The van der Waals surface area contributed by atoms with Crippen LogP contribution in [0.15, 0.2) is 24.3 Å². The molecule has 0 aliphatic heterocycles. The zero-order valence-corrected chi connectivity index (χ0v) is 6.51. The Bertz CT molecular complexity index is 271. The van der Waals surface area contributed by atoms with Gasteiger partial charge in [-0.3, -0.25) is 0 Å². The molecular formula is C8H7ClO2. The summed E-state index contributed by atoms with van der Waals surface area (Å²) in [5.41, 5.74) is 0.934. The Morgan fingerprint density at radius 1 is 1.45 bits per heavy atom. The quantitative estimate of drug-likeness (QED) is 0.691. The van der Waals surface area contributed by atoms with E-state index in [1.807, 2.05) is 0 Å². The largest absolute Gasteiger partial charge is 0.478 e. The van der Waals surface area contributed by atoms with Gasteiger partial charge in [0.2, 0.25) is 0 Å². The van der Waals surface area contributed by atoms with Crippen LogP contribution in [0.4, 0.5) is 0 Å². The molecule has 1 aromatic rings. The number of aromatic carboxylic acids is 1. The van der Waals surface area contributed by atoms with Crippen LogP contribution >= 0.6 is 11.6 Å². The summed E-state index contributed by atoms with van der Waals surface area (Å²) in [6.07, 6.45) is 0. The van der Waals surface area contributed by atoms with E-state index in [0.29, 0.717) is 5.56 Å². The maximum absolute atomic E-state index is 10.5. The Labute approximate surface area is 69.4 Å². The average molecular weight is 171 g/mol. The van der Waals surface area contributed by atoms with Crippen LogP contribution in [0.1, 0.15) is 15.9 Å². The molecule has 2 nitrogen and oxygen atoms in total. The third-order valence-electron chi connectivity index (χ3n) is 1.39. The van der Waals surface area contributed by atoms with Crippen molar-refractivity contribution in [2.45, 2.75) is 5.88 Å². The van der Waals surface area contributed by atoms with Gasteiger partial charge in [-0.05, 0) is 11.6 Å². The van der Waals surface area contributed by atoms with Crippen molar-refractivity contribution in [3.8, 4) is 0 Å². The van der Waals surface area contributed by atoms with Crippen LogP contribution in [0.2, 0.25) is 0 Å². The molecule has 1 N–H and O–H groups in total. The predicted molar refractivity (Wildman–Crippen MR) is 43.0 cm³/mol. The SMILES string of the molecule is O=C(O)c1ccccc1CCl. The summed E-state index contributed by atoms with van der Waals surface area (Å²) in [6, 6.07) is 6.69. The highest BCUT2D eigenvalue weighted by Crippen LogP contribution is 2.10. The molecule has 58 valence electrons. The Morgan fingerprint density at radius 3 is 2.55 bits per heavy atom. The molecule has 0 aliphatic rings. The normalized spacial score (nSPS) is 9.55. The van der Waals surface area contributed by atoms with Crippen LogP contribution in [0.3, 0.4) is 0 Å². The van der Waals surface area contributed by atoms with Gasteiger partial charge in [0.05, 0.1) is 5.56 Å². The first-order valence-corrected chi connectivity index (χ1v) is 3.66. The van der Waals surface area contributed by atoms with E-state index in [1.165, 1.54) is 0 Å². The first-order valence-electron chi connectivity index (χ1n) is 3.13. The molecule has 1 aromatic carbocycles. The number of alkyl halides is 1. The molecule has 0 saturated heterocycles. The Morgan fingerprint density at radius 2 is 2.09 bits per heavy atom. The number of halogens is 1. The molecule has 0 aliphatic carbocycles. The number of carboxylic acid groups (broad SMARTS) is 1. The molecule has 0 atom stereocenters. The second-order valence-electron chi connectivity index (χ2n) is 2.10. The van der Waals surface area contributed by atoms with Crippen molar-refractivity contribution in [2.24, 2.45) is 0 Å². The first kappa shape index (κ1) is 8.08. The van der Waals surface area contributed by atoms with Gasteiger partial charge >= 0.3 is 5.97 Å². The molecule has 1 rings (SSSR count). The average Bonchev–Trinajstić information content (AvgIpc) is 2.04. The number of hydrogen-bond donors (Lipinski definition) is 1. The maximum atomic E-state index is 10.5. The van der Waals surface area contributed by atoms with E-state index in [-0.39, 0.29) is 11.4 Å². The molecular weight excluding hydrogens is 164 g/mol. The maximum Gasteiger partial charge on any atom is 0.336 e. The Hall–Kier alpha value is -1.02. The van der Waals surface area contributed by atoms with Gasteiger partial charge in [0.15, 0.2) is 0 Å².